The van der Waals surface area contributed by atoms with E-state index in [0.29, 0.717) is 23.0 Å². The summed E-state index contributed by atoms with van der Waals surface area (Å²) in [6.45, 7) is 3.78. The Morgan fingerprint density at radius 2 is 1.87 bits per heavy atom. The first-order valence-electron chi connectivity index (χ1n) is 10.5. The topological polar surface area (TPSA) is 85.9 Å². The van der Waals surface area contributed by atoms with Crippen LogP contribution in [0.4, 0.5) is 11.8 Å². The Hall–Kier alpha value is -2.64. The summed E-state index contributed by atoms with van der Waals surface area (Å²) in [5, 5.41) is 8.02. The van der Waals surface area contributed by atoms with Crippen molar-refractivity contribution in [3.63, 3.8) is 0 Å². The van der Waals surface area contributed by atoms with E-state index < -0.39 is 0 Å². The Labute approximate surface area is 181 Å². The van der Waals surface area contributed by atoms with Gasteiger partial charge in [0.2, 0.25) is 5.95 Å². The summed E-state index contributed by atoms with van der Waals surface area (Å²) in [5.74, 6) is 1.29. The molecule has 5 rings (SSSR count). The Balaban J connectivity index is 0.00000218. The number of aromatic nitrogens is 3. The van der Waals surface area contributed by atoms with Gasteiger partial charge < -0.3 is 15.5 Å². The molecule has 0 radical (unpaired) electrons. The summed E-state index contributed by atoms with van der Waals surface area (Å²) >= 11 is 0. The van der Waals surface area contributed by atoms with Gasteiger partial charge in [0.1, 0.15) is 11.4 Å². The van der Waals surface area contributed by atoms with Crippen LogP contribution in [0.1, 0.15) is 25.7 Å². The SMILES string of the molecule is Cl.O=c1[nH]c(N2CCCC2)nc(N[C@@H]2CCCNC2)c1-c1ccc2ccccc2n1. The highest BCUT2D eigenvalue weighted by Crippen LogP contribution is 2.27. The number of nitrogens with zero attached hydrogens (tertiary/aromatic N) is 3. The zero-order chi connectivity index (χ0) is 19.6. The molecule has 0 spiro atoms. The van der Waals surface area contributed by atoms with Gasteiger partial charge in [-0.25, -0.2) is 4.98 Å². The first kappa shape index (κ1) is 20.6. The number of piperidine rings is 1. The molecule has 0 aliphatic carbocycles. The summed E-state index contributed by atoms with van der Waals surface area (Å²) in [6, 6.07) is 12.1. The van der Waals surface area contributed by atoms with Gasteiger partial charge in [0.25, 0.3) is 5.56 Å². The Kier molecular flexibility index (Phi) is 6.20. The number of benzene rings is 1. The summed E-state index contributed by atoms with van der Waals surface area (Å²) in [6.07, 6.45) is 4.44. The third-order valence-corrected chi connectivity index (χ3v) is 5.80. The minimum absolute atomic E-state index is 0. The lowest BCUT2D eigenvalue weighted by Gasteiger charge is -2.26. The largest absolute Gasteiger partial charge is 0.365 e. The Morgan fingerprint density at radius 3 is 2.67 bits per heavy atom. The third-order valence-electron chi connectivity index (χ3n) is 5.80. The number of nitrogens with one attached hydrogen (secondary N) is 3. The van der Waals surface area contributed by atoms with E-state index in [0.717, 1.165) is 62.8 Å². The Bertz CT molecular complexity index is 1070. The monoisotopic (exact) mass is 426 g/mol. The molecule has 0 bridgehead atoms. The summed E-state index contributed by atoms with van der Waals surface area (Å²) in [5.41, 5.74) is 1.90. The quantitative estimate of drug-likeness (QED) is 0.594. The van der Waals surface area contributed by atoms with E-state index in [9.17, 15) is 4.79 Å². The van der Waals surface area contributed by atoms with E-state index in [-0.39, 0.29) is 24.0 Å². The average Bonchev–Trinajstić information content (AvgIpc) is 3.29. The molecule has 3 N–H and O–H groups in total. The van der Waals surface area contributed by atoms with Crippen molar-refractivity contribution in [1.82, 2.24) is 20.3 Å². The van der Waals surface area contributed by atoms with Crippen LogP contribution in [0.15, 0.2) is 41.2 Å². The number of para-hydroxylation sites is 1. The number of hydrogen-bond donors (Lipinski definition) is 3. The molecule has 2 aliphatic rings. The highest BCUT2D eigenvalue weighted by atomic mass is 35.5. The molecule has 1 atom stereocenters. The molecule has 2 saturated heterocycles. The maximum absolute atomic E-state index is 13.2. The van der Waals surface area contributed by atoms with Crippen LogP contribution < -0.4 is 21.1 Å². The molecule has 0 amide bonds. The fraction of sp³-hybridized carbons (Fsp3) is 0.409. The normalized spacial score (nSPS) is 18.9. The van der Waals surface area contributed by atoms with Crippen LogP contribution in [-0.2, 0) is 0 Å². The summed E-state index contributed by atoms with van der Waals surface area (Å²) in [7, 11) is 0. The fourth-order valence-electron chi connectivity index (χ4n) is 4.26. The molecule has 30 heavy (non-hydrogen) atoms. The van der Waals surface area contributed by atoms with Crippen molar-refractivity contribution in [3.05, 3.63) is 46.8 Å². The molecule has 8 heteroatoms. The van der Waals surface area contributed by atoms with E-state index >= 15 is 0 Å². The zero-order valence-electron chi connectivity index (χ0n) is 16.9. The van der Waals surface area contributed by atoms with Gasteiger partial charge in [0.05, 0.1) is 11.2 Å². The van der Waals surface area contributed by atoms with Gasteiger partial charge in [-0.15, -0.1) is 12.4 Å². The van der Waals surface area contributed by atoms with Gasteiger partial charge >= 0.3 is 0 Å². The molecular formula is C22H27ClN6O. The Morgan fingerprint density at radius 1 is 1.03 bits per heavy atom. The second kappa shape index (κ2) is 9.02. The van der Waals surface area contributed by atoms with E-state index in [1.165, 1.54) is 0 Å². The number of aromatic amines is 1. The second-order valence-electron chi connectivity index (χ2n) is 7.88. The number of rotatable bonds is 4. The lowest BCUT2D eigenvalue weighted by Crippen LogP contribution is -2.39. The lowest BCUT2D eigenvalue weighted by molar-refractivity contribution is 0.479. The van der Waals surface area contributed by atoms with Crippen molar-refractivity contribution in [2.75, 3.05) is 36.4 Å². The minimum atomic E-state index is -0.143. The predicted octanol–water partition coefficient (Wildman–Crippen LogP) is 3.17. The van der Waals surface area contributed by atoms with Gasteiger partial charge in [-0.3, -0.25) is 9.78 Å². The standard InChI is InChI=1S/C22H26N6O.ClH/c29-21-19(18-10-9-15-6-1-2-8-17(15)25-18)20(24-16-7-5-11-23-14-16)26-22(27-21)28-12-3-4-13-28;/h1-2,6,8-10,16,23H,3-5,7,11-14H2,(H2,24,26,27,29);1H/t16-;/m1./s1. The highest BCUT2D eigenvalue weighted by Gasteiger charge is 2.22. The molecule has 158 valence electrons. The molecule has 4 heterocycles. The number of pyridine rings is 1. The lowest BCUT2D eigenvalue weighted by atomic mass is 10.1. The molecule has 3 aromatic rings. The highest BCUT2D eigenvalue weighted by molar-refractivity contribution is 5.85. The van der Waals surface area contributed by atoms with Crippen LogP contribution >= 0.6 is 12.4 Å². The maximum atomic E-state index is 13.2. The van der Waals surface area contributed by atoms with E-state index in [1.54, 1.807) is 0 Å². The second-order valence-corrected chi connectivity index (χ2v) is 7.88. The van der Waals surface area contributed by atoms with Crippen LogP contribution in [0, 0.1) is 0 Å². The fourth-order valence-corrected chi connectivity index (χ4v) is 4.26. The summed E-state index contributed by atoms with van der Waals surface area (Å²) in [4.78, 5) is 28.0. The van der Waals surface area contributed by atoms with E-state index in [4.69, 9.17) is 9.97 Å². The van der Waals surface area contributed by atoms with Crippen molar-refractivity contribution < 1.29 is 0 Å². The first-order valence-corrected chi connectivity index (χ1v) is 10.5. The number of fused-ring (bicyclic) bond motifs is 1. The van der Waals surface area contributed by atoms with Crippen LogP contribution in [0.25, 0.3) is 22.2 Å². The average molecular weight is 427 g/mol. The first-order chi connectivity index (χ1) is 14.3. The smallest absolute Gasteiger partial charge is 0.263 e. The van der Waals surface area contributed by atoms with Crippen molar-refractivity contribution >= 4 is 35.1 Å². The minimum Gasteiger partial charge on any atom is -0.365 e. The molecular weight excluding hydrogens is 400 g/mol. The predicted molar refractivity (Wildman–Crippen MR) is 124 cm³/mol. The van der Waals surface area contributed by atoms with Crippen molar-refractivity contribution in [2.45, 2.75) is 31.7 Å². The van der Waals surface area contributed by atoms with Gasteiger partial charge in [-0.05, 0) is 44.4 Å². The number of anilines is 2. The van der Waals surface area contributed by atoms with Crippen LogP contribution in [0.5, 0.6) is 0 Å². The molecule has 0 saturated carbocycles. The number of hydrogen-bond acceptors (Lipinski definition) is 6. The zero-order valence-corrected chi connectivity index (χ0v) is 17.7. The molecule has 0 unspecified atom stereocenters. The van der Waals surface area contributed by atoms with Crippen LogP contribution in [0.3, 0.4) is 0 Å². The van der Waals surface area contributed by atoms with Crippen LogP contribution in [0.2, 0.25) is 0 Å². The van der Waals surface area contributed by atoms with Crippen molar-refractivity contribution in [3.8, 4) is 11.3 Å². The van der Waals surface area contributed by atoms with Gasteiger partial charge in [0.15, 0.2) is 0 Å². The van der Waals surface area contributed by atoms with Crippen molar-refractivity contribution in [1.29, 1.82) is 0 Å². The number of H-pyrrole nitrogens is 1. The summed E-state index contributed by atoms with van der Waals surface area (Å²) < 4.78 is 0. The van der Waals surface area contributed by atoms with Gasteiger partial charge in [-0.1, -0.05) is 24.3 Å². The molecule has 2 aromatic heterocycles. The van der Waals surface area contributed by atoms with Gasteiger partial charge in [0, 0.05) is 31.1 Å². The molecule has 2 fully saturated rings. The molecule has 1 aromatic carbocycles. The van der Waals surface area contributed by atoms with Crippen LogP contribution in [-0.4, -0.2) is 47.2 Å². The number of halogens is 1. The van der Waals surface area contributed by atoms with Crippen molar-refractivity contribution in [2.24, 2.45) is 0 Å². The van der Waals surface area contributed by atoms with Gasteiger partial charge in [-0.2, -0.15) is 4.98 Å². The molecule has 7 nitrogen and oxygen atoms in total. The maximum Gasteiger partial charge on any atom is 0.263 e. The van der Waals surface area contributed by atoms with E-state index in [2.05, 4.69) is 20.5 Å². The molecule has 2 aliphatic heterocycles. The third kappa shape index (κ3) is 4.13. The van der Waals surface area contributed by atoms with E-state index in [1.807, 2.05) is 36.4 Å².